The molecule has 20 heavy (non-hydrogen) atoms. The monoisotopic (exact) mass is 277 g/mol. The molecule has 2 N–H and O–H groups in total. The molecule has 0 aromatic heterocycles. The highest BCUT2D eigenvalue weighted by molar-refractivity contribution is 5.58. The second-order valence-electron chi connectivity index (χ2n) is 5.49. The van der Waals surface area contributed by atoms with Crippen LogP contribution in [0.2, 0.25) is 0 Å². The Labute approximate surface area is 120 Å². The Kier molecular flexibility index (Phi) is 4.10. The molecular formula is C15H23N3O2. The van der Waals surface area contributed by atoms with Crippen molar-refractivity contribution < 1.29 is 9.84 Å². The molecule has 0 spiro atoms. The molecule has 0 radical (unpaired) electrons. The van der Waals surface area contributed by atoms with Crippen LogP contribution in [0.5, 0.6) is 5.75 Å². The van der Waals surface area contributed by atoms with Gasteiger partial charge in [0.15, 0.2) is 0 Å². The molecule has 0 bridgehead atoms. The van der Waals surface area contributed by atoms with Gasteiger partial charge in [0.1, 0.15) is 5.75 Å². The van der Waals surface area contributed by atoms with Crippen LogP contribution in [0.15, 0.2) is 24.3 Å². The Balaban J connectivity index is 1.63. The number of benzene rings is 1. The summed E-state index contributed by atoms with van der Waals surface area (Å²) in [4.78, 5) is 4.76. The molecule has 0 unspecified atom stereocenters. The smallest absolute Gasteiger partial charge is 0.142 e. The van der Waals surface area contributed by atoms with Gasteiger partial charge in [-0.05, 0) is 12.1 Å². The molecular weight excluding hydrogens is 254 g/mol. The fourth-order valence-corrected chi connectivity index (χ4v) is 3.21. The van der Waals surface area contributed by atoms with Crippen molar-refractivity contribution in [3.05, 3.63) is 24.3 Å². The third-order valence-electron chi connectivity index (χ3n) is 4.36. The number of nitrogens with one attached hydrogen (secondary N) is 1. The highest BCUT2D eigenvalue weighted by atomic mass is 16.5. The lowest BCUT2D eigenvalue weighted by Gasteiger charge is -2.40. The van der Waals surface area contributed by atoms with Gasteiger partial charge in [-0.15, -0.1) is 0 Å². The lowest BCUT2D eigenvalue weighted by molar-refractivity contribution is 0.0792. The van der Waals surface area contributed by atoms with Crippen LogP contribution in [0, 0.1) is 0 Å². The largest absolute Gasteiger partial charge is 0.495 e. The summed E-state index contributed by atoms with van der Waals surface area (Å²) >= 11 is 0. The molecule has 0 aliphatic carbocycles. The number of anilines is 1. The second-order valence-corrected chi connectivity index (χ2v) is 5.49. The Morgan fingerprint density at radius 2 is 1.90 bits per heavy atom. The van der Waals surface area contributed by atoms with Gasteiger partial charge in [-0.1, -0.05) is 12.1 Å². The van der Waals surface area contributed by atoms with E-state index in [-0.39, 0.29) is 12.1 Å². The molecule has 2 fully saturated rings. The predicted molar refractivity (Wildman–Crippen MR) is 79.4 cm³/mol. The number of β-amino-alcohol motifs (C(OH)–C–C–N with tert-alkyl or cyclic N) is 1. The molecule has 1 aromatic carbocycles. The molecule has 0 amide bonds. The van der Waals surface area contributed by atoms with E-state index in [1.165, 1.54) is 5.69 Å². The molecule has 110 valence electrons. The SMILES string of the molecule is COc1ccccc1N1CCN([C@H]2CNC[C@@H]2O)CC1. The van der Waals surface area contributed by atoms with Crippen molar-refractivity contribution in [2.45, 2.75) is 12.1 Å². The van der Waals surface area contributed by atoms with Crippen LogP contribution in [0.1, 0.15) is 0 Å². The quantitative estimate of drug-likeness (QED) is 0.823. The van der Waals surface area contributed by atoms with Crippen molar-refractivity contribution in [3.63, 3.8) is 0 Å². The van der Waals surface area contributed by atoms with Gasteiger partial charge in [0.05, 0.1) is 18.9 Å². The Hall–Kier alpha value is -1.30. The van der Waals surface area contributed by atoms with E-state index in [4.69, 9.17) is 4.74 Å². The zero-order chi connectivity index (χ0) is 13.9. The molecule has 1 aromatic rings. The van der Waals surface area contributed by atoms with Crippen molar-refractivity contribution in [2.75, 3.05) is 51.3 Å². The molecule has 3 rings (SSSR count). The van der Waals surface area contributed by atoms with E-state index in [0.29, 0.717) is 0 Å². The molecule has 2 aliphatic rings. The number of aliphatic hydroxyl groups is 1. The highest BCUT2D eigenvalue weighted by Gasteiger charge is 2.32. The summed E-state index contributed by atoms with van der Waals surface area (Å²) in [5.74, 6) is 0.934. The van der Waals surface area contributed by atoms with Gasteiger partial charge in [0.25, 0.3) is 0 Å². The van der Waals surface area contributed by atoms with Crippen molar-refractivity contribution in [2.24, 2.45) is 0 Å². The van der Waals surface area contributed by atoms with E-state index >= 15 is 0 Å². The summed E-state index contributed by atoms with van der Waals surface area (Å²) in [6, 6.07) is 8.44. The van der Waals surface area contributed by atoms with Gasteiger partial charge in [0.2, 0.25) is 0 Å². The van der Waals surface area contributed by atoms with Gasteiger partial charge in [0, 0.05) is 45.3 Å². The molecule has 5 nitrogen and oxygen atoms in total. The first-order valence-corrected chi connectivity index (χ1v) is 7.30. The van der Waals surface area contributed by atoms with Gasteiger partial charge >= 0.3 is 0 Å². The summed E-state index contributed by atoms with van der Waals surface area (Å²) in [6.07, 6.45) is -0.229. The number of hydrogen-bond acceptors (Lipinski definition) is 5. The van der Waals surface area contributed by atoms with Crippen LogP contribution in [-0.4, -0.2) is 68.5 Å². The number of rotatable bonds is 3. The predicted octanol–water partition coefficient (Wildman–Crippen LogP) is 0.150. The third-order valence-corrected chi connectivity index (χ3v) is 4.36. The number of para-hydroxylation sites is 2. The van der Waals surface area contributed by atoms with E-state index in [0.717, 1.165) is 45.0 Å². The van der Waals surface area contributed by atoms with Crippen molar-refractivity contribution in [3.8, 4) is 5.75 Å². The van der Waals surface area contributed by atoms with E-state index in [9.17, 15) is 5.11 Å². The van der Waals surface area contributed by atoms with Gasteiger partial charge in [-0.2, -0.15) is 0 Å². The zero-order valence-electron chi connectivity index (χ0n) is 12.0. The summed E-state index contributed by atoms with van der Waals surface area (Å²) < 4.78 is 5.44. The van der Waals surface area contributed by atoms with E-state index < -0.39 is 0 Å². The van der Waals surface area contributed by atoms with Crippen LogP contribution in [-0.2, 0) is 0 Å². The summed E-state index contributed by atoms with van der Waals surface area (Å²) in [7, 11) is 1.72. The van der Waals surface area contributed by atoms with Crippen molar-refractivity contribution in [1.82, 2.24) is 10.2 Å². The number of ether oxygens (including phenoxy) is 1. The zero-order valence-corrected chi connectivity index (χ0v) is 12.0. The molecule has 2 aliphatic heterocycles. The van der Waals surface area contributed by atoms with Crippen LogP contribution < -0.4 is 15.0 Å². The topological polar surface area (TPSA) is 48.0 Å². The van der Waals surface area contributed by atoms with Gasteiger partial charge in [-0.3, -0.25) is 4.90 Å². The van der Waals surface area contributed by atoms with E-state index in [1.54, 1.807) is 7.11 Å². The molecule has 2 heterocycles. The first-order valence-electron chi connectivity index (χ1n) is 7.30. The average Bonchev–Trinajstić information content (AvgIpc) is 2.93. The van der Waals surface area contributed by atoms with Crippen LogP contribution in [0.25, 0.3) is 0 Å². The van der Waals surface area contributed by atoms with E-state index in [1.807, 2.05) is 12.1 Å². The third kappa shape index (κ3) is 2.61. The minimum atomic E-state index is -0.229. The Morgan fingerprint density at radius 3 is 2.55 bits per heavy atom. The Morgan fingerprint density at radius 1 is 1.15 bits per heavy atom. The van der Waals surface area contributed by atoms with Gasteiger partial charge in [-0.25, -0.2) is 0 Å². The van der Waals surface area contributed by atoms with Gasteiger partial charge < -0.3 is 20.1 Å². The highest BCUT2D eigenvalue weighted by Crippen LogP contribution is 2.28. The number of nitrogens with zero attached hydrogens (tertiary/aromatic N) is 2. The summed E-state index contributed by atoms with van der Waals surface area (Å²) in [5, 5.41) is 13.2. The molecule has 0 saturated carbocycles. The normalized spacial score (nSPS) is 27.8. The van der Waals surface area contributed by atoms with Crippen LogP contribution in [0.4, 0.5) is 5.69 Å². The summed E-state index contributed by atoms with van der Waals surface area (Å²) in [5.41, 5.74) is 1.17. The van der Waals surface area contributed by atoms with Crippen LogP contribution in [0.3, 0.4) is 0 Å². The standard InChI is InChI=1S/C15H23N3O2/c1-20-15-5-3-2-4-12(15)17-6-8-18(9-7-17)13-10-16-11-14(13)19/h2-5,13-14,16,19H,6-11H2,1H3/t13-,14-/m0/s1. The Bertz CT molecular complexity index is 446. The van der Waals surface area contributed by atoms with Crippen molar-refractivity contribution in [1.29, 1.82) is 0 Å². The van der Waals surface area contributed by atoms with Crippen molar-refractivity contribution >= 4 is 5.69 Å². The summed E-state index contributed by atoms with van der Waals surface area (Å²) in [6.45, 7) is 5.54. The maximum atomic E-state index is 9.97. The first kappa shape index (κ1) is 13.7. The molecule has 2 saturated heterocycles. The maximum absolute atomic E-state index is 9.97. The lowest BCUT2D eigenvalue weighted by Crippen LogP contribution is -2.53. The minimum absolute atomic E-state index is 0.229. The number of methoxy groups -OCH3 is 1. The lowest BCUT2D eigenvalue weighted by atomic mass is 10.1. The molecule has 2 atom stereocenters. The second kappa shape index (κ2) is 5.99. The number of piperazine rings is 1. The minimum Gasteiger partial charge on any atom is -0.495 e. The first-order chi connectivity index (χ1) is 9.79. The van der Waals surface area contributed by atoms with Crippen LogP contribution >= 0.6 is 0 Å². The number of aliphatic hydroxyl groups excluding tert-OH is 1. The average molecular weight is 277 g/mol. The molecule has 5 heteroatoms. The maximum Gasteiger partial charge on any atom is 0.142 e. The fraction of sp³-hybridized carbons (Fsp3) is 0.600. The number of hydrogen-bond donors (Lipinski definition) is 2. The van der Waals surface area contributed by atoms with E-state index in [2.05, 4.69) is 27.2 Å². The fourth-order valence-electron chi connectivity index (χ4n) is 3.21.